The van der Waals surface area contributed by atoms with Crippen LogP contribution in [0.25, 0.3) is 0 Å². The van der Waals surface area contributed by atoms with E-state index in [0.29, 0.717) is 37.2 Å². The van der Waals surface area contributed by atoms with E-state index in [2.05, 4.69) is 25.6 Å². The highest BCUT2D eigenvalue weighted by atomic mass is 35.5. The van der Waals surface area contributed by atoms with E-state index < -0.39 is 11.7 Å². The summed E-state index contributed by atoms with van der Waals surface area (Å²) in [4.78, 5) is 12.1. The van der Waals surface area contributed by atoms with Gasteiger partial charge in [0.1, 0.15) is 11.8 Å². The van der Waals surface area contributed by atoms with Gasteiger partial charge in [-0.15, -0.1) is 0 Å². The maximum absolute atomic E-state index is 12.5. The van der Waals surface area contributed by atoms with Crippen LogP contribution in [0.1, 0.15) is 18.1 Å². The molecule has 10 heteroatoms. The van der Waals surface area contributed by atoms with Gasteiger partial charge in [-0.2, -0.15) is 13.2 Å². The first-order valence-corrected chi connectivity index (χ1v) is 9.05. The largest absolute Gasteiger partial charge is 0.476 e. The molecule has 2 aromatic heterocycles. The normalized spacial score (nSPS) is 12.0. The maximum atomic E-state index is 12.5. The fourth-order valence-electron chi connectivity index (χ4n) is 2.15. The van der Waals surface area contributed by atoms with Crippen molar-refractivity contribution in [2.24, 2.45) is 4.99 Å². The van der Waals surface area contributed by atoms with E-state index in [-0.39, 0.29) is 12.5 Å². The molecule has 2 rings (SSSR count). The van der Waals surface area contributed by atoms with E-state index in [4.69, 9.17) is 16.3 Å². The minimum atomic E-state index is -4.41. The van der Waals surface area contributed by atoms with Gasteiger partial charge in [-0.05, 0) is 31.0 Å². The Kier molecular flexibility index (Phi) is 8.31. The van der Waals surface area contributed by atoms with Crippen molar-refractivity contribution in [1.29, 1.82) is 0 Å². The van der Waals surface area contributed by atoms with E-state index >= 15 is 0 Å². The molecule has 0 aliphatic carbocycles. The molecule has 2 N–H and O–H groups in total. The van der Waals surface area contributed by atoms with Gasteiger partial charge in [0.2, 0.25) is 5.88 Å². The van der Waals surface area contributed by atoms with Crippen LogP contribution in [-0.2, 0) is 12.6 Å². The maximum Gasteiger partial charge on any atom is 0.417 e. The van der Waals surface area contributed by atoms with Crippen molar-refractivity contribution in [3.63, 3.8) is 0 Å². The Bertz CT molecular complexity index is 751. The Balaban J connectivity index is 1.75. The third kappa shape index (κ3) is 7.59. The third-order valence-corrected chi connectivity index (χ3v) is 3.73. The van der Waals surface area contributed by atoms with Crippen LogP contribution < -0.4 is 15.4 Å². The van der Waals surface area contributed by atoms with Crippen molar-refractivity contribution in [1.82, 2.24) is 20.6 Å². The molecule has 0 spiro atoms. The van der Waals surface area contributed by atoms with Crippen LogP contribution in [0.2, 0.25) is 5.15 Å². The molecule has 0 saturated carbocycles. The molecular formula is C18H21ClF3N5O. The molecule has 2 aromatic rings. The zero-order chi connectivity index (χ0) is 20.4. The van der Waals surface area contributed by atoms with Gasteiger partial charge in [0.05, 0.1) is 12.1 Å². The molecule has 0 fully saturated rings. The zero-order valence-corrected chi connectivity index (χ0v) is 16.0. The second-order valence-electron chi connectivity index (χ2n) is 5.66. The Hall–Kier alpha value is -2.55. The summed E-state index contributed by atoms with van der Waals surface area (Å²) >= 11 is 5.76. The van der Waals surface area contributed by atoms with Gasteiger partial charge in [-0.3, -0.25) is 4.99 Å². The van der Waals surface area contributed by atoms with Gasteiger partial charge in [0, 0.05) is 31.5 Å². The van der Waals surface area contributed by atoms with Crippen LogP contribution >= 0.6 is 11.6 Å². The number of hydrogen-bond acceptors (Lipinski definition) is 4. The van der Waals surface area contributed by atoms with Crippen LogP contribution in [0.3, 0.4) is 0 Å². The van der Waals surface area contributed by atoms with Crippen molar-refractivity contribution in [3.05, 3.63) is 52.9 Å². The fourth-order valence-corrected chi connectivity index (χ4v) is 2.26. The number of aromatic nitrogens is 2. The molecule has 0 radical (unpaired) electrons. The number of alkyl halides is 3. The lowest BCUT2D eigenvalue weighted by atomic mass is 10.2. The Morgan fingerprint density at radius 3 is 2.57 bits per heavy atom. The van der Waals surface area contributed by atoms with Gasteiger partial charge in [-0.1, -0.05) is 17.7 Å². The first kappa shape index (κ1) is 21.7. The number of hydrogen-bond donors (Lipinski definition) is 2. The lowest BCUT2D eigenvalue weighted by Gasteiger charge is -2.12. The van der Waals surface area contributed by atoms with Crippen molar-refractivity contribution in [2.75, 3.05) is 26.2 Å². The predicted molar refractivity (Wildman–Crippen MR) is 102 cm³/mol. The number of rotatable bonds is 8. The van der Waals surface area contributed by atoms with Crippen LogP contribution in [0.15, 0.2) is 41.7 Å². The molecule has 0 amide bonds. The van der Waals surface area contributed by atoms with Gasteiger partial charge in [0.25, 0.3) is 0 Å². The van der Waals surface area contributed by atoms with E-state index in [0.717, 1.165) is 17.8 Å². The Labute approximate surface area is 166 Å². The monoisotopic (exact) mass is 415 g/mol. The van der Waals surface area contributed by atoms with Gasteiger partial charge in [0.15, 0.2) is 5.96 Å². The molecule has 152 valence electrons. The Morgan fingerprint density at radius 2 is 1.96 bits per heavy atom. The minimum absolute atomic E-state index is 0.131. The number of halogens is 4. The average molecular weight is 416 g/mol. The lowest BCUT2D eigenvalue weighted by Crippen LogP contribution is -2.39. The molecule has 0 atom stereocenters. The quantitative estimate of drug-likeness (QED) is 0.299. The summed E-state index contributed by atoms with van der Waals surface area (Å²) < 4.78 is 42.8. The highest BCUT2D eigenvalue weighted by Crippen LogP contribution is 2.29. The molecule has 2 heterocycles. The van der Waals surface area contributed by atoms with Crippen LogP contribution in [0.4, 0.5) is 13.2 Å². The smallest absolute Gasteiger partial charge is 0.417 e. The zero-order valence-electron chi connectivity index (χ0n) is 15.3. The molecular weight excluding hydrogens is 395 g/mol. The van der Waals surface area contributed by atoms with E-state index in [9.17, 15) is 13.2 Å². The first-order valence-electron chi connectivity index (χ1n) is 8.67. The first-order chi connectivity index (χ1) is 13.4. The molecule has 0 aliphatic rings. The summed E-state index contributed by atoms with van der Waals surface area (Å²) in [6.45, 7) is 3.83. The van der Waals surface area contributed by atoms with Gasteiger partial charge in [-0.25, -0.2) is 9.97 Å². The predicted octanol–water partition coefficient (Wildman–Crippen LogP) is 3.33. The summed E-state index contributed by atoms with van der Waals surface area (Å²) in [6.07, 6.45) is -1.23. The van der Waals surface area contributed by atoms with Crippen molar-refractivity contribution in [3.8, 4) is 5.88 Å². The summed E-state index contributed by atoms with van der Waals surface area (Å²) in [5.74, 6) is 0.750. The van der Waals surface area contributed by atoms with E-state index in [1.807, 2.05) is 13.0 Å². The third-order valence-electron chi connectivity index (χ3n) is 3.51. The highest BCUT2D eigenvalue weighted by Gasteiger charge is 2.30. The van der Waals surface area contributed by atoms with Crippen LogP contribution in [0, 0.1) is 0 Å². The number of guanidine groups is 1. The van der Waals surface area contributed by atoms with Crippen LogP contribution in [-0.4, -0.2) is 42.2 Å². The number of nitrogens with zero attached hydrogens (tertiary/aromatic N) is 3. The molecule has 0 aliphatic heterocycles. The van der Waals surface area contributed by atoms with Crippen molar-refractivity contribution in [2.45, 2.75) is 19.5 Å². The number of pyridine rings is 2. The lowest BCUT2D eigenvalue weighted by molar-refractivity contribution is -0.137. The number of ether oxygens (including phenoxy) is 1. The molecule has 0 unspecified atom stereocenters. The SMILES string of the molecule is CCNC(=NCCc1ccc(Cl)nc1)NCCOc1ccc(C(F)(F)F)cn1. The summed E-state index contributed by atoms with van der Waals surface area (Å²) in [7, 11) is 0. The second kappa shape index (κ2) is 10.7. The second-order valence-corrected chi connectivity index (χ2v) is 6.05. The average Bonchev–Trinajstić information content (AvgIpc) is 2.66. The van der Waals surface area contributed by atoms with Crippen LogP contribution in [0.5, 0.6) is 5.88 Å². The molecule has 0 saturated heterocycles. The van der Waals surface area contributed by atoms with Gasteiger partial charge < -0.3 is 15.4 Å². The topological polar surface area (TPSA) is 71.4 Å². The fraction of sp³-hybridized carbons (Fsp3) is 0.389. The van der Waals surface area contributed by atoms with Crippen molar-refractivity contribution >= 4 is 17.6 Å². The summed E-state index contributed by atoms with van der Waals surface area (Å²) in [5.41, 5.74) is 0.219. The molecule has 0 aromatic carbocycles. The molecule has 0 bridgehead atoms. The number of nitrogens with one attached hydrogen (secondary N) is 2. The molecule has 28 heavy (non-hydrogen) atoms. The van der Waals surface area contributed by atoms with E-state index in [1.165, 1.54) is 6.07 Å². The van der Waals surface area contributed by atoms with E-state index in [1.54, 1.807) is 12.3 Å². The standard InChI is InChI=1S/C18H21ClF3N5O/c1-2-23-17(24-8-7-13-3-5-15(19)26-11-13)25-9-10-28-16-6-4-14(12-27-16)18(20,21)22/h3-6,11-12H,2,7-10H2,1H3,(H2,23,24,25). The highest BCUT2D eigenvalue weighted by molar-refractivity contribution is 6.29. The van der Waals surface area contributed by atoms with Gasteiger partial charge >= 0.3 is 6.18 Å². The summed E-state index contributed by atoms with van der Waals surface area (Å²) in [6, 6.07) is 5.77. The number of aliphatic imine (C=N–C) groups is 1. The van der Waals surface area contributed by atoms with Crippen molar-refractivity contribution < 1.29 is 17.9 Å². The minimum Gasteiger partial charge on any atom is -0.476 e. The Morgan fingerprint density at radius 1 is 1.14 bits per heavy atom. The summed E-state index contributed by atoms with van der Waals surface area (Å²) in [5, 5.41) is 6.65. The molecule has 6 nitrogen and oxygen atoms in total.